The maximum atomic E-state index is 11.8. The average Bonchev–Trinajstić information content (AvgIpc) is 2.35. The molecule has 0 aliphatic rings. The van der Waals surface area contributed by atoms with Crippen LogP contribution in [0.25, 0.3) is 0 Å². The van der Waals surface area contributed by atoms with Gasteiger partial charge in [0.15, 0.2) is 6.10 Å². The number of amides is 1. The quantitative estimate of drug-likeness (QED) is 0.724. The number of hydrogen-bond donors (Lipinski definition) is 3. The molecule has 0 aromatic carbocycles. The summed E-state index contributed by atoms with van der Waals surface area (Å²) in [7, 11) is 0. The molecule has 8 heteroatoms. The molecule has 1 aromatic rings. The monoisotopic (exact) mass is 287 g/mol. The fourth-order valence-corrected chi connectivity index (χ4v) is 1.36. The number of hydrogen-bond acceptors (Lipinski definition) is 5. The standard InChI is InChI=1S/C11H14ClN3O4/c1-5(2)9-13-3-6(12)8(15-9)10(17)14-4-7(16)11(18)19/h3,5,7,16H,4H2,1-2H3,(H,14,17)(H,18,19). The molecule has 0 spiro atoms. The van der Waals surface area contributed by atoms with Gasteiger partial charge in [0, 0.05) is 5.92 Å². The number of aliphatic hydroxyl groups is 1. The van der Waals surface area contributed by atoms with Crippen LogP contribution in [0.2, 0.25) is 5.02 Å². The second-order valence-electron chi connectivity index (χ2n) is 4.14. The van der Waals surface area contributed by atoms with Crippen LogP contribution in [0.5, 0.6) is 0 Å². The van der Waals surface area contributed by atoms with Crippen molar-refractivity contribution < 1.29 is 19.8 Å². The number of aromatic nitrogens is 2. The maximum absolute atomic E-state index is 11.8. The summed E-state index contributed by atoms with van der Waals surface area (Å²) in [5.41, 5.74) is -0.0436. The van der Waals surface area contributed by atoms with Gasteiger partial charge in [-0.25, -0.2) is 14.8 Å². The van der Waals surface area contributed by atoms with Crippen molar-refractivity contribution in [1.29, 1.82) is 0 Å². The molecule has 0 saturated carbocycles. The smallest absolute Gasteiger partial charge is 0.334 e. The highest BCUT2D eigenvalue weighted by Gasteiger charge is 2.18. The fourth-order valence-electron chi connectivity index (χ4n) is 1.18. The van der Waals surface area contributed by atoms with Gasteiger partial charge in [-0.15, -0.1) is 0 Å². The average molecular weight is 288 g/mol. The van der Waals surface area contributed by atoms with E-state index in [4.69, 9.17) is 21.8 Å². The number of carbonyl (C=O) groups is 2. The van der Waals surface area contributed by atoms with E-state index >= 15 is 0 Å². The highest BCUT2D eigenvalue weighted by atomic mass is 35.5. The van der Waals surface area contributed by atoms with Crippen LogP contribution in [-0.4, -0.2) is 44.7 Å². The molecule has 1 unspecified atom stereocenters. The molecule has 104 valence electrons. The van der Waals surface area contributed by atoms with E-state index in [1.54, 1.807) is 0 Å². The predicted octanol–water partition coefficient (Wildman–Crippen LogP) is 0.429. The molecule has 0 saturated heterocycles. The number of nitrogens with one attached hydrogen (secondary N) is 1. The Kier molecular flexibility index (Phi) is 5.20. The van der Waals surface area contributed by atoms with Crippen LogP contribution in [0, 0.1) is 0 Å². The fraction of sp³-hybridized carbons (Fsp3) is 0.455. The predicted molar refractivity (Wildman–Crippen MR) is 67.1 cm³/mol. The molecule has 0 aliphatic heterocycles. The lowest BCUT2D eigenvalue weighted by Crippen LogP contribution is -2.37. The van der Waals surface area contributed by atoms with Crippen LogP contribution in [0.1, 0.15) is 36.1 Å². The minimum Gasteiger partial charge on any atom is -0.479 e. The van der Waals surface area contributed by atoms with E-state index in [9.17, 15) is 9.59 Å². The highest BCUT2D eigenvalue weighted by Crippen LogP contribution is 2.16. The van der Waals surface area contributed by atoms with E-state index in [2.05, 4.69) is 15.3 Å². The maximum Gasteiger partial charge on any atom is 0.334 e. The number of carboxylic acid groups (broad SMARTS) is 1. The molecule has 0 aliphatic carbocycles. The summed E-state index contributed by atoms with van der Waals surface area (Å²) >= 11 is 5.81. The van der Waals surface area contributed by atoms with Crippen molar-refractivity contribution in [2.75, 3.05) is 6.54 Å². The Labute approximate surface area is 114 Å². The van der Waals surface area contributed by atoms with Crippen molar-refractivity contribution >= 4 is 23.5 Å². The van der Waals surface area contributed by atoms with Crippen LogP contribution in [0.3, 0.4) is 0 Å². The van der Waals surface area contributed by atoms with Crippen LogP contribution in [0.15, 0.2) is 6.20 Å². The van der Waals surface area contributed by atoms with Crippen molar-refractivity contribution in [3.63, 3.8) is 0 Å². The Hall–Kier alpha value is -1.73. The van der Waals surface area contributed by atoms with Crippen LogP contribution in [0.4, 0.5) is 0 Å². The minimum atomic E-state index is -1.67. The molecule has 1 atom stereocenters. The van der Waals surface area contributed by atoms with Gasteiger partial charge in [0.25, 0.3) is 5.91 Å². The first-order valence-corrected chi connectivity index (χ1v) is 5.92. The zero-order chi connectivity index (χ0) is 14.6. The topological polar surface area (TPSA) is 112 Å². The number of aliphatic hydroxyl groups excluding tert-OH is 1. The van der Waals surface area contributed by atoms with Gasteiger partial charge >= 0.3 is 5.97 Å². The Balaban J connectivity index is 2.81. The van der Waals surface area contributed by atoms with E-state index in [1.165, 1.54) is 6.20 Å². The molecule has 1 heterocycles. The van der Waals surface area contributed by atoms with Crippen molar-refractivity contribution in [3.8, 4) is 0 Å². The van der Waals surface area contributed by atoms with E-state index in [-0.39, 0.29) is 16.6 Å². The lowest BCUT2D eigenvalue weighted by molar-refractivity contribution is -0.146. The zero-order valence-corrected chi connectivity index (χ0v) is 11.2. The minimum absolute atomic E-state index is 0.0217. The number of rotatable bonds is 5. The van der Waals surface area contributed by atoms with Gasteiger partial charge in [0.1, 0.15) is 11.5 Å². The summed E-state index contributed by atoms with van der Waals surface area (Å²) < 4.78 is 0. The third-order valence-electron chi connectivity index (χ3n) is 2.24. The first-order chi connectivity index (χ1) is 8.82. The van der Waals surface area contributed by atoms with Gasteiger partial charge in [-0.2, -0.15) is 0 Å². The Morgan fingerprint density at radius 1 is 1.47 bits per heavy atom. The molecule has 19 heavy (non-hydrogen) atoms. The van der Waals surface area contributed by atoms with Crippen molar-refractivity contribution in [2.45, 2.75) is 25.9 Å². The first-order valence-electron chi connectivity index (χ1n) is 5.54. The molecule has 0 fully saturated rings. The number of halogens is 1. The van der Waals surface area contributed by atoms with Crippen molar-refractivity contribution in [1.82, 2.24) is 15.3 Å². The third kappa shape index (κ3) is 4.15. The number of aliphatic carboxylic acids is 1. The van der Waals surface area contributed by atoms with E-state index in [0.29, 0.717) is 5.82 Å². The van der Waals surface area contributed by atoms with Gasteiger partial charge in [-0.1, -0.05) is 25.4 Å². The summed E-state index contributed by atoms with van der Waals surface area (Å²) in [5.74, 6) is -1.60. The van der Waals surface area contributed by atoms with Gasteiger partial charge in [-0.3, -0.25) is 4.79 Å². The van der Waals surface area contributed by atoms with Crippen molar-refractivity contribution in [3.05, 3.63) is 22.7 Å². The summed E-state index contributed by atoms with van der Waals surface area (Å²) in [5, 5.41) is 19.8. The van der Waals surface area contributed by atoms with E-state index < -0.39 is 24.5 Å². The zero-order valence-electron chi connectivity index (χ0n) is 10.4. The Morgan fingerprint density at radius 3 is 2.63 bits per heavy atom. The molecule has 0 bridgehead atoms. The molecule has 0 radical (unpaired) electrons. The summed E-state index contributed by atoms with van der Waals surface area (Å²) in [6.45, 7) is 3.30. The number of carboxylic acids is 1. The summed E-state index contributed by atoms with van der Waals surface area (Å²) in [6, 6.07) is 0. The highest BCUT2D eigenvalue weighted by molar-refractivity contribution is 6.33. The van der Waals surface area contributed by atoms with Crippen LogP contribution < -0.4 is 5.32 Å². The molecule has 7 nitrogen and oxygen atoms in total. The lowest BCUT2D eigenvalue weighted by Gasteiger charge is -2.10. The van der Waals surface area contributed by atoms with Crippen LogP contribution in [-0.2, 0) is 4.79 Å². The second kappa shape index (κ2) is 6.44. The molecule has 1 aromatic heterocycles. The SMILES string of the molecule is CC(C)c1ncc(Cl)c(C(=O)NCC(O)C(=O)O)n1. The third-order valence-corrected chi connectivity index (χ3v) is 2.51. The van der Waals surface area contributed by atoms with Gasteiger partial charge in [-0.05, 0) is 0 Å². The molecular weight excluding hydrogens is 274 g/mol. The van der Waals surface area contributed by atoms with Crippen LogP contribution >= 0.6 is 11.6 Å². The summed E-state index contributed by atoms with van der Waals surface area (Å²) in [4.78, 5) is 30.2. The number of nitrogens with zero attached hydrogens (tertiary/aromatic N) is 2. The Bertz CT molecular complexity index is 493. The summed E-state index contributed by atoms with van der Waals surface area (Å²) in [6.07, 6.45) is -0.360. The largest absolute Gasteiger partial charge is 0.479 e. The lowest BCUT2D eigenvalue weighted by atomic mass is 10.2. The molecular formula is C11H14ClN3O4. The number of carbonyl (C=O) groups excluding carboxylic acids is 1. The first kappa shape index (κ1) is 15.3. The van der Waals surface area contributed by atoms with Gasteiger partial charge < -0.3 is 15.5 Å². The van der Waals surface area contributed by atoms with Gasteiger partial charge in [0.05, 0.1) is 17.8 Å². The van der Waals surface area contributed by atoms with Gasteiger partial charge in [0.2, 0.25) is 0 Å². The van der Waals surface area contributed by atoms with E-state index in [1.807, 2.05) is 13.8 Å². The van der Waals surface area contributed by atoms with E-state index in [0.717, 1.165) is 0 Å². The Morgan fingerprint density at radius 2 is 2.11 bits per heavy atom. The normalized spacial score (nSPS) is 12.3. The molecule has 1 amide bonds. The second-order valence-corrected chi connectivity index (χ2v) is 4.55. The molecule has 3 N–H and O–H groups in total. The molecule has 1 rings (SSSR count). The van der Waals surface area contributed by atoms with Crippen molar-refractivity contribution in [2.24, 2.45) is 0 Å².